The Morgan fingerprint density at radius 3 is 2.35 bits per heavy atom. The van der Waals surface area contributed by atoms with Gasteiger partial charge in [-0.1, -0.05) is 53.2 Å². The van der Waals surface area contributed by atoms with Crippen LogP contribution in [0.4, 0.5) is 5.69 Å². The van der Waals surface area contributed by atoms with E-state index in [1.807, 2.05) is 42.5 Å². The lowest BCUT2D eigenvalue weighted by Gasteiger charge is -2.20. The summed E-state index contributed by atoms with van der Waals surface area (Å²) in [5.74, 6) is 0. The zero-order valence-electron chi connectivity index (χ0n) is 11.3. The first-order valence-corrected chi connectivity index (χ1v) is 7.77. The first kappa shape index (κ1) is 15.0. The maximum Gasteiger partial charge on any atom is 0.171 e. The first-order chi connectivity index (χ1) is 9.69. The molecule has 0 radical (unpaired) electrons. The SMILES string of the molecule is CCC(NC(=S)Nc1ccc(Br)cc1)c1ccccc1. The molecule has 0 aliphatic carbocycles. The van der Waals surface area contributed by atoms with Crippen molar-refractivity contribution in [2.24, 2.45) is 0 Å². The Hall–Kier alpha value is -1.39. The zero-order chi connectivity index (χ0) is 14.4. The summed E-state index contributed by atoms with van der Waals surface area (Å²) in [6, 6.07) is 18.5. The van der Waals surface area contributed by atoms with Gasteiger partial charge in [0, 0.05) is 10.2 Å². The van der Waals surface area contributed by atoms with Gasteiger partial charge in [-0.25, -0.2) is 0 Å². The number of benzene rings is 2. The number of hydrogen-bond donors (Lipinski definition) is 2. The predicted molar refractivity (Wildman–Crippen MR) is 93.0 cm³/mol. The van der Waals surface area contributed by atoms with Crippen LogP contribution in [-0.2, 0) is 0 Å². The van der Waals surface area contributed by atoms with Crippen LogP contribution in [0.1, 0.15) is 24.9 Å². The third-order valence-corrected chi connectivity index (χ3v) is 3.77. The van der Waals surface area contributed by atoms with Crippen LogP contribution in [0.2, 0.25) is 0 Å². The van der Waals surface area contributed by atoms with Gasteiger partial charge in [-0.2, -0.15) is 0 Å². The Bertz CT molecular complexity index is 554. The van der Waals surface area contributed by atoms with Crippen LogP contribution in [0.3, 0.4) is 0 Å². The number of rotatable bonds is 4. The standard InChI is InChI=1S/C16H17BrN2S/c1-2-15(12-6-4-3-5-7-12)19-16(20)18-14-10-8-13(17)9-11-14/h3-11,15H,2H2,1H3,(H2,18,19,20). The van der Waals surface area contributed by atoms with Crippen LogP contribution in [0.5, 0.6) is 0 Å². The fourth-order valence-electron chi connectivity index (χ4n) is 1.97. The second-order valence-corrected chi connectivity index (χ2v) is 5.80. The summed E-state index contributed by atoms with van der Waals surface area (Å²) in [5, 5.41) is 7.20. The molecule has 0 saturated heterocycles. The average Bonchev–Trinajstić information content (AvgIpc) is 2.48. The van der Waals surface area contributed by atoms with E-state index in [2.05, 4.69) is 45.6 Å². The summed E-state index contributed by atoms with van der Waals surface area (Å²) in [5.41, 5.74) is 2.23. The van der Waals surface area contributed by atoms with Gasteiger partial charge >= 0.3 is 0 Å². The van der Waals surface area contributed by atoms with Gasteiger partial charge < -0.3 is 10.6 Å². The molecule has 2 N–H and O–H groups in total. The predicted octanol–water partition coefficient (Wildman–Crippen LogP) is 4.89. The van der Waals surface area contributed by atoms with E-state index in [0.29, 0.717) is 5.11 Å². The van der Waals surface area contributed by atoms with Crippen LogP contribution in [0.25, 0.3) is 0 Å². The summed E-state index contributed by atoms with van der Waals surface area (Å²) in [4.78, 5) is 0. The molecule has 0 fully saturated rings. The first-order valence-electron chi connectivity index (χ1n) is 6.57. The van der Waals surface area contributed by atoms with Crippen molar-refractivity contribution in [3.05, 3.63) is 64.6 Å². The summed E-state index contributed by atoms with van der Waals surface area (Å²) in [7, 11) is 0. The van der Waals surface area contributed by atoms with Gasteiger partial charge in [-0.3, -0.25) is 0 Å². The van der Waals surface area contributed by atoms with Gasteiger partial charge in [0.15, 0.2) is 5.11 Å². The zero-order valence-corrected chi connectivity index (χ0v) is 13.7. The molecule has 20 heavy (non-hydrogen) atoms. The van der Waals surface area contributed by atoms with E-state index in [-0.39, 0.29) is 6.04 Å². The van der Waals surface area contributed by atoms with E-state index >= 15 is 0 Å². The summed E-state index contributed by atoms with van der Waals surface area (Å²) in [6.45, 7) is 2.15. The van der Waals surface area contributed by atoms with E-state index in [1.165, 1.54) is 5.56 Å². The van der Waals surface area contributed by atoms with E-state index in [9.17, 15) is 0 Å². The number of thiocarbonyl (C=S) groups is 1. The fourth-order valence-corrected chi connectivity index (χ4v) is 2.49. The number of hydrogen-bond acceptors (Lipinski definition) is 1. The van der Waals surface area contributed by atoms with Gasteiger partial charge in [0.25, 0.3) is 0 Å². The van der Waals surface area contributed by atoms with Crippen LogP contribution in [-0.4, -0.2) is 5.11 Å². The molecule has 0 amide bonds. The maximum atomic E-state index is 5.38. The molecule has 1 unspecified atom stereocenters. The lowest BCUT2D eigenvalue weighted by Crippen LogP contribution is -2.32. The minimum Gasteiger partial charge on any atom is -0.356 e. The molecule has 0 heterocycles. The molecule has 2 aromatic carbocycles. The van der Waals surface area contributed by atoms with Crippen LogP contribution < -0.4 is 10.6 Å². The third-order valence-electron chi connectivity index (χ3n) is 3.02. The highest BCUT2D eigenvalue weighted by atomic mass is 79.9. The molecular formula is C16H17BrN2S. The Kier molecular flexibility index (Phi) is 5.56. The van der Waals surface area contributed by atoms with Crippen molar-refractivity contribution >= 4 is 38.9 Å². The summed E-state index contributed by atoms with van der Waals surface area (Å²) >= 11 is 8.79. The van der Waals surface area contributed by atoms with Gasteiger partial charge in [-0.05, 0) is 48.5 Å². The number of halogens is 1. The molecule has 0 spiro atoms. The molecule has 2 nitrogen and oxygen atoms in total. The molecule has 0 aromatic heterocycles. The van der Waals surface area contributed by atoms with Gasteiger partial charge in [0.2, 0.25) is 0 Å². The van der Waals surface area contributed by atoms with Crippen molar-refractivity contribution in [1.29, 1.82) is 0 Å². The molecule has 2 rings (SSSR count). The quantitative estimate of drug-likeness (QED) is 0.769. The molecular weight excluding hydrogens is 332 g/mol. The van der Waals surface area contributed by atoms with Crippen molar-refractivity contribution in [2.45, 2.75) is 19.4 Å². The Morgan fingerprint density at radius 2 is 1.75 bits per heavy atom. The second kappa shape index (κ2) is 7.41. The van der Waals surface area contributed by atoms with E-state index < -0.39 is 0 Å². The van der Waals surface area contributed by atoms with E-state index in [1.54, 1.807) is 0 Å². The highest BCUT2D eigenvalue weighted by Gasteiger charge is 2.09. The van der Waals surface area contributed by atoms with Gasteiger partial charge in [0.05, 0.1) is 6.04 Å². The van der Waals surface area contributed by atoms with Crippen molar-refractivity contribution in [3.8, 4) is 0 Å². The highest BCUT2D eigenvalue weighted by molar-refractivity contribution is 9.10. The maximum absolute atomic E-state index is 5.38. The minimum absolute atomic E-state index is 0.228. The molecule has 104 valence electrons. The lowest BCUT2D eigenvalue weighted by molar-refractivity contribution is 0.629. The van der Waals surface area contributed by atoms with Crippen LogP contribution >= 0.6 is 28.1 Å². The lowest BCUT2D eigenvalue weighted by atomic mass is 10.1. The van der Waals surface area contributed by atoms with Crippen molar-refractivity contribution in [3.63, 3.8) is 0 Å². The minimum atomic E-state index is 0.228. The highest BCUT2D eigenvalue weighted by Crippen LogP contribution is 2.17. The topological polar surface area (TPSA) is 24.1 Å². The molecule has 0 bridgehead atoms. The molecule has 0 aliphatic rings. The third kappa shape index (κ3) is 4.32. The number of nitrogens with one attached hydrogen (secondary N) is 2. The van der Waals surface area contributed by atoms with E-state index in [4.69, 9.17) is 12.2 Å². The molecule has 0 aliphatic heterocycles. The largest absolute Gasteiger partial charge is 0.356 e. The van der Waals surface area contributed by atoms with Crippen molar-refractivity contribution < 1.29 is 0 Å². The van der Waals surface area contributed by atoms with Crippen LogP contribution in [0, 0.1) is 0 Å². The monoisotopic (exact) mass is 348 g/mol. The summed E-state index contributed by atoms with van der Waals surface area (Å²) < 4.78 is 1.05. The molecule has 1 atom stereocenters. The Labute approximate surface area is 133 Å². The van der Waals surface area contributed by atoms with Gasteiger partial charge in [0.1, 0.15) is 0 Å². The Morgan fingerprint density at radius 1 is 1.10 bits per heavy atom. The average molecular weight is 349 g/mol. The van der Waals surface area contributed by atoms with Gasteiger partial charge in [-0.15, -0.1) is 0 Å². The number of anilines is 1. The van der Waals surface area contributed by atoms with Crippen molar-refractivity contribution in [1.82, 2.24) is 5.32 Å². The second-order valence-electron chi connectivity index (χ2n) is 4.48. The molecule has 4 heteroatoms. The Balaban J connectivity index is 1.97. The van der Waals surface area contributed by atoms with E-state index in [0.717, 1.165) is 16.6 Å². The normalized spacial score (nSPS) is 11.7. The summed E-state index contributed by atoms with van der Waals surface area (Å²) in [6.07, 6.45) is 0.978. The molecule has 0 saturated carbocycles. The van der Waals surface area contributed by atoms with Crippen LogP contribution in [0.15, 0.2) is 59.1 Å². The molecule has 2 aromatic rings. The smallest absolute Gasteiger partial charge is 0.171 e. The van der Waals surface area contributed by atoms with Crippen molar-refractivity contribution in [2.75, 3.05) is 5.32 Å². The fraction of sp³-hybridized carbons (Fsp3) is 0.188.